The van der Waals surface area contributed by atoms with Crippen molar-refractivity contribution in [3.8, 4) is 5.75 Å². The largest absolute Gasteiger partial charge is 0.573 e. The summed E-state index contributed by atoms with van der Waals surface area (Å²) >= 11 is 7.39. The third-order valence-corrected chi connectivity index (χ3v) is 6.62. The molecule has 1 aliphatic heterocycles. The van der Waals surface area contributed by atoms with E-state index < -0.39 is 18.1 Å². The third kappa shape index (κ3) is 8.24. The molecule has 0 aromatic heterocycles. The van der Waals surface area contributed by atoms with Crippen LogP contribution in [0.3, 0.4) is 0 Å². The molecular formula is C26H19ClF6N6OS. The highest BCUT2D eigenvalue weighted by atomic mass is 35.5. The summed E-state index contributed by atoms with van der Waals surface area (Å²) in [7, 11) is 0. The van der Waals surface area contributed by atoms with Gasteiger partial charge in [-0.1, -0.05) is 53.7 Å². The number of hydrogen-bond donors (Lipinski definition) is 1. The van der Waals surface area contributed by atoms with Crippen molar-refractivity contribution >= 4 is 58.3 Å². The number of halogens is 7. The topological polar surface area (TPSA) is 87.9 Å². The third-order valence-electron chi connectivity index (χ3n) is 5.37. The number of para-hydroxylation sites is 1. The van der Waals surface area contributed by atoms with Crippen LogP contribution in [0.5, 0.6) is 5.75 Å². The molecule has 1 aliphatic rings. The van der Waals surface area contributed by atoms with Gasteiger partial charge in [0.25, 0.3) is 0 Å². The summed E-state index contributed by atoms with van der Waals surface area (Å²) in [6, 6.07) is 15.2. The number of anilines is 1. The van der Waals surface area contributed by atoms with Gasteiger partial charge in [-0.3, -0.25) is 0 Å². The Labute approximate surface area is 239 Å². The molecule has 3 aromatic rings. The molecule has 0 aliphatic carbocycles. The number of amidine groups is 2. The normalized spacial score (nSPS) is 15.9. The maximum atomic E-state index is 13.6. The summed E-state index contributed by atoms with van der Waals surface area (Å²) in [4.78, 5) is 9.44. The van der Waals surface area contributed by atoms with E-state index >= 15 is 0 Å². The van der Waals surface area contributed by atoms with Crippen LogP contribution in [0.2, 0.25) is 5.02 Å². The molecule has 0 atom stereocenters. The first-order chi connectivity index (χ1) is 19.4. The Bertz CT molecular complexity index is 1490. The zero-order chi connectivity index (χ0) is 29.6. The van der Waals surface area contributed by atoms with Crippen LogP contribution in [0.25, 0.3) is 0 Å². The quantitative estimate of drug-likeness (QED) is 0.132. The first-order valence-corrected chi connectivity index (χ1v) is 13.0. The molecule has 0 saturated carbocycles. The van der Waals surface area contributed by atoms with Crippen molar-refractivity contribution < 1.29 is 31.1 Å². The number of rotatable bonds is 7. The lowest BCUT2D eigenvalue weighted by atomic mass is 10.1. The van der Waals surface area contributed by atoms with Gasteiger partial charge in [-0.25, -0.2) is 9.98 Å². The van der Waals surface area contributed by atoms with Crippen LogP contribution in [0.4, 0.5) is 37.7 Å². The monoisotopic (exact) mass is 612 g/mol. The van der Waals surface area contributed by atoms with Crippen molar-refractivity contribution in [2.45, 2.75) is 12.5 Å². The van der Waals surface area contributed by atoms with E-state index in [0.29, 0.717) is 29.1 Å². The highest BCUT2D eigenvalue weighted by molar-refractivity contribution is 8.14. The number of nitrogens with two attached hydrogens (primary N) is 1. The number of thioether (sulfide) groups is 1. The first-order valence-electron chi connectivity index (χ1n) is 11.6. The Balaban J connectivity index is 1.40. The lowest BCUT2D eigenvalue weighted by Gasteiger charge is -2.23. The van der Waals surface area contributed by atoms with Crippen LogP contribution in [0.1, 0.15) is 16.7 Å². The van der Waals surface area contributed by atoms with Crippen molar-refractivity contribution in [2.24, 2.45) is 25.9 Å². The molecule has 1 saturated heterocycles. The van der Waals surface area contributed by atoms with E-state index in [2.05, 4.69) is 24.9 Å². The smallest absolute Gasteiger partial charge is 0.406 e. The minimum absolute atomic E-state index is 0.0349. The predicted molar refractivity (Wildman–Crippen MR) is 150 cm³/mol. The van der Waals surface area contributed by atoms with Gasteiger partial charge >= 0.3 is 12.5 Å². The fraction of sp³-hybridized carbons (Fsp3) is 0.154. The molecular weight excluding hydrogens is 594 g/mol. The van der Waals surface area contributed by atoms with E-state index in [0.717, 1.165) is 24.5 Å². The molecule has 0 amide bonds. The van der Waals surface area contributed by atoms with E-state index in [9.17, 15) is 26.3 Å². The molecule has 0 radical (unpaired) electrons. The summed E-state index contributed by atoms with van der Waals surface area (Å²) in [5, 5.41) is 8.39. The highest BCUT2D eigenvalue weighted by Crippen LogP contribution is 2.42. The molecule has 0 spiro atoms. The predicted octanol–water partition coefficient (Wildman–Crippen LogP) is 7.27. The number of benzene rings is 3. The molecule has 41 heavy (non-hydrogen) atoms. The van der Waals surface area contributed by atoms with Gasteiger partial charge in [-0.2, -0.15) is 18.3 Å². The molecule has 214 valence electrons. The molecule has 1 heterocycles. The van der Waals surface area contributed by atoms with Gasteiger partial charge in [0, 0.05) is 17.9 Å². The number of hydrogen-bond acceptors (Lipinski definition) is 5. The van der Waals surface area contributed by atoms with Crippen LogP contribution in [-0.4, -0.2) is 42.2 Å². The second-order valence-corrected chi connectivity index (χ2v) is 9.65. The van der Waals surface area contributed by atoms with Gasteiger partial charge in [0.2, 0.25) is 0 Å². The lowest BCUT2D eigenvalue weighted by molar-refractivity contribution is -0.274. The van der Waals surface area contributed by atoms with Crippen molar-refractivity contribution in [1.29, 1.82) is 0 Å². The van der Waals surface area contributed by atoms with E-state index in [1.165, 1.54) is 47.1 Å². The standard InChI is InChI=1S/C26H19ClF6N6OS/c27-21-3-1-2-20(25(28,29)30)22(21)39-12-13-41-24(39)38-37-14-16-4-6-17(7-5-16)23(34)36-15-35-18-8-10-19(11-9-18)40-26(31,32)33/h1-11,14-15H,12-13H2,(H2,34,35,36)/b37-14+,38-24-. The van der Waals surface area contributed by atoms with E-state index in [1.54, 1.807) is 24.3 Å². The zero-order valence-corrected chi connectivity index (χ0v) is 22.3. The van der Waals surface area contributed by atoms with Gasteiger partial charge in [0.1, 0.15) is 17.9 Å². The summed E-state index contributed by atoms with van der Waals surface area (Å²) in [6.07, 6.45) is -6.77. The van der Waals surface area contributed by atoms with Crippen LogP contribution >= 0.6 is 23.4 Å². The van der Waals surface area contributed by atoms with Crippen LogP contribution < -0.4 is 15.4 Å². The molecule has 0 bridgehead atoms. The van der Waals surface area contributed by atoms with E-state index in [1.807, 2.05) is 0 Å². The Hall–Kier alpha value is -4.04. The van der Waals surface area contributed by atoms with Gasteiger partial charge in [0.05, 0.1) is 28.2 Å². The summed E-state index contributed by atoms with van der Waals surface area (Å²) in [6.45, 7) is 0.292. The summed E-state index contributed by atoms with van der Waals surface area (Å²) in [5.41, 5.74) is 6.51. The fourth-order valence-corrected chi connectivity index (χ4v) is 4.74. The SMILES string of the molecule is NC(=NC=Nc1ccc(OC(F)(F)F)cc1)c1ccc(/C=N/N=C2\SCCN2c2c(Cl)cccc2C(F)(F)F)cc1. The molecule has 4 rings (SSSR count). The minimum atomic E-state index is -4.78. The van der Waals surface area contributed by atoms with Crippen molar-refractivity contribution in [3.05, 3.63) is 88.4 Å². The zero-order valence-electron chi connectivity index (χ0n) is 20.7. The highest BCUT2D eigenvalue weighted by Gasteiger charge is 2.38. The van der Waals surface area contributed by atoms with Crippen molar-refractivity contribution in [3.63, 3.8) is 0 Å². The minimum Gasteiger partial charge on any atom is -0.406 e. The van der Waals surface area contributed by atoms with E-state index in [-0.39, 0.29) is 27.5 Å². The van der Waals surface area contributed by atoms with Crippen molar-refractivity contribution in [2.75, 3.05) is 17.2 Å². The second kappa shape index (κ2) is 12.6. The van der Waals surface area contributed by atoms with E-state index in [4.69, 9.17) is 17.3 Å². The molecule has 7 nitrogen and oxygen atoms in total. The second-order valence-electron chi connectivity index (χ2n) is 8.18. The van der Waals surface area contributed by atoms with Gasteiger partial charge in [-0.05, 0) is 42.0 Å². The molecule has 1 fully saturated rings. The average Bonchev–Trinajstić information content (AvgIpc) is 3.36. The summed E-state index contributed by atoms with van der Waals surface area (Å²) < 4.78 is 81.2. The number of ether oxygens (including phenoxy) is 1. The van der Waals surface area contributed by atoms with Crippen molar-refractivity contribution in [1.82, 2.24) is 0 Å². The first kappa shape index (κ1) is 29.9. The van der Waals surface area contributed by atoms with Gasteiger partial charge in [-0.15, -0.1) is 18.3 Å². The van der Waals surface area contributed by atoms with Crippen LogP contribution in [0.15, 0.2) is 86.9 Å². The molecule has 0 unspecified atom stereocenters. The molecule has 3 aromatic carbocycles. The van der Waals surface area contributed by atoms with Gasteiger partial charge in [0.15, 0.2) is 5.17 Å². The Morgan fingerprint density at radius 2 is 1.68 bits per heavy atom. The Kier molecular flexibility index (Phi) is 9.23. The number of nitrogens with zero attached hydrogens (tertiary/aromatic N) is 5. The molecule has 2 N–H and O–H groups in total. The maximum absolute atomic E-state index is 13.6. The number of aliphatic imine (C=N–C) groups is 2. The average molecular weight is 613 g/mol. The molecule has 15 heteroatoms. The van der Waals surface area contributed by atoms with Gasteiger partial charge < -0.3 is 15.4 Å². The summed E-state index contributed by atoms with van der Waals surface area (Å²) in [5.74, 6) is 0.281. The number of alkyl halides is 6. The van der Waals surface area contributed by atoms with Crippen LogP contribution in [0, 0.1) is 0 Å². The van der Waals surface area contributed by atoms with Crippen LogP contribution in [-0.2, 0) is 6.18 Å². The maximum Gasteiger partial charge on any atom is 0.573 e. The Morgan fingerprint density at radius 1 is 0.976 bits per heavy atom. The lowest BCUT2D eigenvalue weighted by Crippen LogP contribution is -2.27. The fourth-order valence-electron chi connectivity index (χ4n) is 3.56. The Morgan fingerprint density at radius 3 is 2.34 bits per heavy atom.